The summed E-state index contributed by atoms with van der Waals surface area (Å²) < 4.78 is 32.2. The van der Waals surface area contributed by atoms with Crippen molar-refractivity contribution in [2.45, 2.75) is 48.9 Å². The molecular weight excluding hydrogens is 520 g/mol. The number of anilines is 1. The van der Waals surface area contributed by atoms with Crippen LogP contribution < -0.4 is 5.32 Å². The number of amides is 1. The summed E-state index contributed by atoms with van der Waals surface area (Å²) in [7, 11) is -1.90. The fourth-order valence-corrected chi connectivity index (χ4v) is 7.50. The number of thioether (sulfide) groups is 1. The van der Waals surface area contributed by atoms with E-state index in [4.69, 9.17) is 4.74 Å². The standard InChI is InChI=1S/C24H28N4O5S3/c1-4-33-23(30)21-17-11-10-15(2)12-18(17)35-22(21)25-20(29)13-34-24-27-26-19(28(24)3)14-36(31,32)16-8-6-5-7-9-16/h5-9,15H,4,10-14H2,1-3H3,(H,25,29). The number of rotatable bonds is 9. The minimum absolute atomic E-state index is 0.0264. The molecule has 0 fully saturated rings. The van der Waals surface area contributed by atoms with Crippen molar-refractivity contribution in [3.8, 4) is 0 Å². The first-order valence-corrected chi connectivity index (χ1v) is 15.1. The highest BCUT2D eigenvalue weighted by atomic mass is 32.2. The summed E-state index contributed by atoms with van der Waals surface area (Å²) >= 11 is 2.59. The molecule has 2 aromatic heterocycles. The van der Waals surface area contributed by atoms with E-state index in [0.717, 1.165) is 41.5 Å². The van der Waals surface area contributed by atoms with E-state index in [1.165, 1.54) is 11.3 Å². The molecule has 1 N–H and O–H groups in total. The Labute approximate surface area is 218 Å². The number of hydrogen-bond acceptors (Lipinski definition) is 9. The van der Waals surface area contributed by atoms with Gasteiger partial charge in [0.2, 0.25) is 5.91 Å². The third kappa shape index (κ3) is 5.81. The summed E-state index contributed by atoms with van der Waals surface area (Å²) in [6, 6.07) is 8.17. The number of nitrogens with zero attached hydrogens (tertiary/aromatic N) is 3. The van der Waals surface area contributed by atoms with Crippen LogP contribution in [0.4, 0.5) is 5.00 Å². The Hall–Kier alpha value is -2.70. The number of sulfone groups is 1. The quantitative estimate of drug-likeness (QED) is 0.316. The third-order valence-corrected chi connectivity index (χ3v) is 9.74. The van der Waals surface area contributed by atoms with Crippen molar-refractivity contribution >= 4 is 49.8 Å². The molecule has 2 heterocycles. The maximum Gasteiger partial charge on any atom is 0.341 e. The fourth-order valence-electron chi connectivity index (χ4n) is 4.03. The number of carbonyl (C=O) groups is 2. The van der Waals surface area contributed by atoms with Crippen LogP contribution in [-0.2, 0) is 45.0 Å². The Kier molecular flexibility index (Phi) is 8.16. The zero-order chi connectivity index (χ0) is 25.9. The largest absolute Gasteiger partial charge is 0.462 e. The lowest BCUT2D eigenvalue weighted by atomic mass is 9.88. The highest BCUT2D eigenvalue weighted by Crippen LogP contribution is 2.40. The Bertz CT molecular complexity index is 1370. The first kappa shape index (κ1) is 26.4. The van der Waals surface area contributed by atoms with Gasteiger partial charge in [-0.15, -0.1) is 21.5 Å². The van der Waals surface area contributed by atoms with Crippen LogP contribution in [0, 0.1) is 5.92 Å². The highest BCUT2D eigenvalue weighted by molar-refractivity contribution is 7.99. The summed E-state index contributed by atoms with van der Waals surface area (Å²) in [4.78, 5) is 26.8. The van der Waals surface area contributed by atoms with Gasteiger partial charge in [-0.3, -0.25) is 4.79 Å². The summed E-state index contributed by atoms with van der Waals surface area (Å²) in [6.07, 6.45) is 2.66. The van der Waals surface area contributed by atoms with Crippen LogP contribution >= 0.6 is 23.1 Å². The van der Waals surface area contributed by atoms with E-state index in [2.05, 4.69) is 22.4 Å². The number of hydrogen-bond donors (Lipinski definition) is 1. The number of carbonyl (C=O) groups excluding carboxylic acids is 2. The molecule has 0 saturated heterocycles. The molecule has 12 heteroatoms. The van der Waals surface area contributed by atoms with Gasteiger partial charge in [-0.1, -0.05) is 36.9 Å². The summed E-state index contributed by atoms with van der Waals surface area (Å²) in [5, 5.41) is 11.9. The lowest BCUT2D eigenvalue weighted by Crippen LogP contribution is -2.18. The molecule has 0 spiro atoms. The highest BCUT2D eigenvalue weighted by Gasteiger charge is 2.29. The molecule has 0 radical (unpaired) electrons. The average molecular weight is 549 g/mol. The molecule has 1 aliphatic carbocycles. The second kappa shape index (κ2) is 11.1. The molecular formula is C24H28N4O5S3. The van der Waals surface area contributed by atoms with Gasteiger partial charge in [0.15, 0.2) is 15.0 Å². The van der Waals surface area contributed by atoms with Gasteiger partial charge in [-0.05, 0) is 49.8 Å². The Morgan fingerprint density at radius 1 is 1.25 bits per heavy atom. The van der Waals surface area contributed by atoms with Crippen molar-refractivity contribution in [1.29, 1.82) is 0 Å². The molecule has 3 aromatic rings. The number of esters is 1. The first-order chi connectivity index (χ1) is 17.2. The lowest BCUT2D eigenvalue weighted by Gasteiger charge is -2.18. The van der Waals surface area contributed by atoms with Crippen molar-refractivity contribution in [2.24, 2.45) is 13.0 Å². The van der Waals surface area contributed by atoms with Crippen LogP contribution in [0.2, 0.25) is 0 Å². The minimum atomic E-state index is -3.57. The molecule has 1 unspecified atom stereocenters. The number of fused-ring (bicyclic) bond motifs is 1. The maximum absolute atomic E-state index is 12.8. The lowest BCUT2D eigenvalue weighted by molar-refractivity contribution is -0.113. The number of benzene rings is 1. The van der Waals surface area contributed by atoms with Gasteiger partial charge >= 0.3 is 5.97 Å². The van der Waals surface area contributed by atoms with Gasteiger partial charge < -0.3 is 14.6 Å². The van der Waals surface area contributed by atoms with Crippen molar-refractivity contribution < 1.29 is 22.7 Å². The number of nitrogens with one attached hydrogen (secondary N) is 1. The van der Waals surface area contributed by atoms with Gasteiger partial charge in [0.05, 0.1) is 22.8 Å². The van der Waals surface area contributed by atoms with Crippen LogP contribution in [-0.4, -0.2) is 47.4 Å². The second-order valence-electron chi connectivity index (χ2n) is 8.64. The van der Waals surface area contributed by atoms with Crippen molar-refractivity contribution in [3.63, 3.8) is 0 Å². The van der Waals surface area contributed by atoms with E-state index in [0.29, 0.717) is 21.6 Å². The topological polar surface area (TPSA) is 120 Å². The summed E-state index contributed by atoms with van der Waals surface area (Å²) in [5.41, 5.74) is 1.45. The maximum atomic E-state index is 12.8. The zero-order valence-corrected chi connectivity index (χ0v) is 22.8. The Balaban J connectivity index is 1.43. The monoisotopic (exact) mass is 548 g/mol. The summed E-state index contributed by atoms with van der Waals surface area (Å²) in [6.45, 7) is 4.20. The number of ether oxygens (including phenoxy) is 1. The molecule has 0 aliphatic heterocycles. The van der Waals surface area contributed by atoms with Crippen LogP contribution in [0.15, 0.2) is 40.4 Å². The predicted molar refractivity (Wildman–Crippen MR) is 139 cm³/mol. The average Bonchev–Trinajstić information content (AvgIpc) is 3.37. The molecule has 1 aromatic carbocycles. The van der Waals surface area contributed by atoms with E-state index in [1.807, 2.05) is 0 Å². The zero-order valence-electron chi connectivity index (χ0n) is 20.3. The van der Waals surface area contributed by atoms with Crippen molar-refractivity contribution in [1.82, 2.24) is 14.8 Å². The fraction of sp³-hybridized carbons (Fsp3) is 0.417. The molecule has 0 saturated carbocycles. The molecule has 1 aliphatic rings. The van der Waals surface area contributed by atoms with Gasteiger partial charge in [0.1, 0.15) is 16.6 Å². The third-order valence-electron chi connectivity index (χ3n) is 5.92. The number of thiophene rings is 1. The van der Waals surface area contributed by atoms with Gasteiger partial charge in [-0.25, -0.2) is 13.2 Å². The molecule has 192 valence electrons. The van der Waals surface area contributed by atoms with E-state index < -0.39 is 15.8 Å². The van der Waals surface area contributed by atoms with Crippen LogP contribution in [0.1, 0.15) is 46.9 Å². The molecule has 36 heavy (non-hydrogen) atoms. The molecule has 0 bridgehead atoms. The van der Waals surface area contributed by atoms with Crippen molar-refractivity contribution in [2.75, 3.05) is 17.7 Å². The van der Waals surface area contributed by atoms with Gasteiger partial charge in [0.25, 0.3) is 0 Å². The van der Waals surface area contributed by atoms with E-state index in [9.17, 15) is 18.0 Å². The normalized spacial score (nSPS) is 15.4. The number of aromatic nitrogens is 3. The first-order valence-electron chi connectivity index (χ1n) is 11.6. The smallest absolute Gasteiger partial charge is 0.341 e. The van der Waals surface area contributed by atoms with Crippen LogP contribution in [0.3, 0.4) is 0 Å². The molecule has 9 nitrogen and oxygen atoms in total. The molecule has 1 atom stereocenters. The predicted octanol–water partition coefficient (Wildman–Crippen LogP) is 3.88. The van der Waals surface area contributed by atoms with E-state index in [-0.39, 0.29) is 34.7 Å². The molecule has 1 amide bonds. The van der Waals surface area contributed by atoms with Crippen LogP contribution in [0.25, 0.3) is 0 Å². The Morgan fingerprint density at radius 3 is 2.72 bits per heavy atom. The Morgan fingerprint density at radius 2 is 2.00 bits per heavy atom. The minimum Gasteiger partial charge on any atom is -0.462 e. The summed E-state index contributed by atoms with van der Waals surface area (Å²) in [5.74, 6) is -0.162. The van der Waals surface area contributed by atoms with Crippen LogP contribution in [0.5, 0.6) is 0 Å². The molecule has 4 rings (SSSR count). The second-order valence-corrected chi connectivity index (χ2v) is 12.7. The van der Waals surface area contributed by atoms with E-state index in [1.54, 1.807) is 48.9 Å². The van der Waals surface area contributed by atoms with E-state index >= 15 is 0 Å². The SMILES string of the molecule is CCOC(=O)c1c(NC(=O)CSc2nnc(CS(=O)(=O)c3ccccc3)n2C)sc2c1CCC(C)C2. The van der Waals surface area contributed by atoms with Gasteiger partial charge in [0, 0.05) is 11.9 Å². The van der Waals surface area contributed by atoms with Crippen molar-refractivity contribution in [3.05, 3.63) is 52.2 Å². The van der Waals surface area contributed by atoms with Gasteiger partial charge in [-0.2, -0.15) is 0 Å².